The molecule has 47 valence electrons. The maximum atomic E-state index is 9.01. The largest absolute Gasteiger partial charge is 0.390 e. The highest BCUT2D eigenvalue weighted by Gasteiger charge is 2.12. The minimum atomic E-state index is -0.950. The van der Waals surface area contributed by atoms with Gasteiger partial charge in [-0.1, -0.05) is 6.08 Å². The van der Waals surface area contributed by atoms with Gasteiger partial charge in [0.1, 0.15) is 0 Å². The molecule has 8 heavy (non-hydrogen) atoms. The first-order chi connectivity index (χ1) is 3.62. The summed E-state index contributed by atoms with van der Waals surface area (Å²) in [6.07, 6.45) is 1.62. The van der Waals surface area contributed by atoms with E-state index in [1.54, 1.807) is 6.92 Å². The second kappa shape index (κ2) is 2.84. The maximum absolute atomic E-state index is 9.01. The van der Waals surface area contributed by atoms with Crippen LogP contribution >= 0.6 is 0 Å². The van der Waals surface area contributed by atoms with Crippen molar-refractivity contribution in [1.82, 2.24) is 0 Å². The highest BCUT2D eigenvalue weighted by Crippen LogP contribution is 2.09. The predicted molar refractivity (Wildman–Crippen MR) is 31.7 cm³/mol. The summed E-state index contributed by atoms with van der Waals surface area (Å²) in [6.45, 7) is 5.86. The molecule has 2 nitrogen and oxygen atoms in total. The molecule has 1 atom stereocenters. The SMILES string of the molecule is C=CC(C)(O)C[CH]O. The Balaban J connectivity index is 3.53. The Hall–Kier alpha value is -0.340. The van der Waals surface area contributed by atoms with Gasteiger partial charge in [-0.2, -0.15) is 0 Å². The van der Waals surface area contributed by atoms with E-state index in [1.165, 1.54) is 6.08 Å². The molecule has 0 aromatic rings. The molecule has 0 aromatic carbocycles. The van der Waals surface area contributed by atoms with E-state index < -0.39 is 5.60 Å². The minimum Gasteiger partial charge on any atom is -0.390 e. The second-order valence-corrected chi connectivity index (χ2v) is 1.95. The van der Waals surface area contributed by atoms with Crippen molar-refractivity contribution < 1.29 is 10.2 Å². The topological polar surface area (TPSA) is 40.5 Å². The summed E-state index contributed by atoms with van der Waals surface area (Å²) in [7, 11) is 0. The maximum Gasteiger partial charge on any atom is 0.0830 e. The Kier molecular flexibility index (Phi) is 2.72. The number of aliphatic hydroxyl groups excluding tert-OH is 1. The Bertz CT molecular complexity index is 76.6. The fraction of sp³-hybridized carbons (Fsp3) is 0.500. The van der Waals surface area contributed by atoms with E-state index in [9.17, 15) is 0 Å². The van der Waals surface area contributed by atoms with Gasteiger partial charge in [0, 0.05) is 6.42 Å². The highest BCUT2D eigenvalue weighted by atomic mass is 16.3. The van der Waals surface area contributed by atoms with Crippen LogP contribution in [0, 0.1) is 6.61 Å². The average Bonchev–Trinajstić information content (AvgIpc) is 1.67. The molecule has 0 aliphatic rings. The molecule has 0 fully saturated rings. The molecular formula is C6H11O2. The van der Waals surface area contributed by atoms with E-state index in [0.29, 0.717) is 0 Å². The molecule has 0 rings (SSSR count). The van der Waals surface area contributed by atoms with Gasteiger partial charge in [-0.25, -0.2) is 0 Å². The van der Waals surface area contributed by atoms with Crippen molar-refractivity contribution in [1.29, 1.82) is 0 Å². The van der Waals surface area contributed by atoms with E-state index in [4.69, 9.17) is 10.2 Å². The lowest BCUT2D eigenvalue weighted by Gasteiger charge is -2.14. The number of aliphatic hydroxyl groups is 2. The molecule has 1 unspecified atom stereocenters. The van der Waals surface area contributed by atoms with Crippen LogP contribution < -0.4 is 0 Å². The van der Waals surface area contributed by atoms with Crippen LogP contribution in [0.25, 0.3) is 0 Å². The van der Waals surface area contributed by atoms with Crippen LogP contribution in [0.2, 0.25) is 0 Å². The molecule has 0 aliphatic carbocycles. The van der Waals surface area contributed by atoms with Crippen LogP contribution in [0.4, 0.5) is 0 Å². The van der Waals surface area contributed by atoms with Gasteiger partial charge in [0.2, 0.25) is 0 Å². The lowest BCUT2D eigenvalue weighted by atomic mass is 10.0. The van der Waals surface area contributed by atoms with Gasteiger partial charge < -0.3 is 10.2 Å². The third kappa shape index (κ3) is 2.77. The molecule has 0 bridgehead atoms. The van der Waals surface area contributed by atoms with Gasteiger partial charge in [-0.05, 0) is 6.92 Å². The van der Waals surface area contributed by atoms with Gasteiger partial charge in [-0.3, -0.25) is 0 Å². The first kappa shape index (κ1) is 7.66. The van der Waals surface area contributed by atoms with Gasteiger partial charge in [-0.15, -0.1) is 6.58 Å². The van der Waals surface area contributed by atoms with Crippen molar-refractivity contribution in [2.45, 2.75) is 18.9 Å². The summed E-state index contributed by atoms with van der Waals surface area (Å²) in [5.74, 6) is 0. The second-order valence-electron chi connectivity index (χ2n) is 1.95. The molecule has 0 saturated heterocycles. The molecule has 0 saturated carbocycles. The summed E-state index contributed by atoms with van der Waals surface area (Å²) in [5.41, 5.74) is -0.950. The summed E-state index contributed by atoms with van der Waals surface area (Å²) in [6, 6.07) is 0. The first-order valence-electron chi connectivity index (χ1n) is 2.44. The van der Waals surface area contributed by atoms with Crippen molar-refractivity contribution in [3.63, 3.8) is 0 Å². The third-order valence-electron chi connectivity index (χ3n) is 0.944. The van der Waals surface area contributed by atoms with Gasteiger partial charge >= 0.3 is 0 Å². The molecule has 0 amide bonds. The lowest BCUT2D eigenvalue weighted by Crippen LogP contribution is -2.19. The summed E-state index contributed by atoms with van der Waals surface area (Å²) in [5, 5.41) is 17.2. The molecule has 2 N–H and O–H groups in total. The minimum absolute atomic E-state index is 0.233. The molecule has 0 aromatic heterocycles. The van der Waals surface area contributed by atoms with Crippen molar-refractivity contribution in [3.8, 4) is 0 Å². The Morgan fingerprint density at radius 1 is 1.75 bits per heavy atom. The quantitative estimate of drug-likeness (QED) is 0.535. The normalized spacial score (nSPS) is 17.4. The fourth-order valence-corrected chi connectivity index (χ4v) is 0.268. The van der Waals surface area contributed by atoms with Gasteiger partial charge in [0.05, 0.1) is 12.2 Å². The van der Waals surface area contributed by atoms with E-state index in [1.807, 2.05) is 0 Å². The number of hydrogen-bond acceptors (Lipinski definition) is 2. The van der Waals surface area contributed by atoms with Crippen LogP contribution in [-0.2, 0) is 0 Å². The Morgan fingerprint density at radius 3 is 2.38 bits per heavy atom. The zero-order chi connectivity index (χ0) is 6.62. The first-order valence-corrected chi connectivity index (χ1v) is 2.44. The zero-order valence-electron chi connectivity index (χ0n) is 4.96. The summed E-state index contributed by atoms with van der Waals surface area (Å²) >= 11 is 0. The summed E-state index contributed by atoms with van der Waals surface area (Å²) in [4.78, 5) is 0. The van der Waals surface area contributed by atoms with Crippen LogP contribution in [0.15, 0.2) is 12.7 Å². The van der Waals surface area contributed by atoms with Crippen molar-refractivity contribution >= 4 is 0 Å². The van der Waals surface area contributed by atoms with Crippen LogP contribution in [0.1, 0.15) is 13.3 Å². The smallest absolute Gasteiger partial charge is 0.0830 e. The molecule has 0 heterocycles. The zero-order valence-corrected chi connectivity index (χ0v) is 4.96. The lowest BCUT2D eigenvalue weighted by molar-refractivity contribution is 0.0966. The molecule has 0 aliphatic heterocycles. The van der Waals surface area contributed by atoms with Crippen LogP contribution in [0.5, 0.6) is 0 Å². The highest BCUT2D eigenvalue weighted by molar-refractivity contribution is 4.92. The Labute approximate surface area is 49.5 Å². The van der Waals surface area contributed by atoms with Gasteiger partial charge in [0.25, 0.3) is 0 Å². The standard InChI is InChI=1S/C6H11O2/c1-3-6(2,8)4-5-7/h3,5,7-8H,1,4H2,2H3. The number of rotatable bonds is 3. The fourth-order valence-electron chi connectivity index (χ4n) is 0.268. The van der Waals surface area contributed by atoms with Crippen LogP contribution in [0.3, 0.4) is 0 Å². The van der Waals surface area contributed by atoms with E-state index in [0.717, 1.165) is 6.61 Å². The van der Waals surface area contributed by atoms with Crippen LogP contribution in [-0.4, -0.2) is 15.8 Å². The van der Waals surface area contributed by atoms with Crippen molar-refractivity contribution in [3.05, 3.63) is 19.3 Å². The third-order valence-corrected chi connectivity index (χ3v) is 0.944. The molecule has 2 heteroatoms. The molecule has 0 spiro atoms. The van der Waals surface area contributed by atoms with E-state index in [2.05, 4.69) is 6.58 Å². The van der Waals surface area contributed by atoms with Crippen molar-refractivity contribution in [2.24, 2.45) is 0 Å². The van der Waals surface area contributed by atoms with Gasteiger partial charge in [0.15, 0.2) is 0 Å². The average molecular weight is 115 g/mol. The summed E-state index contributed by atoms with van der Waals surface area (Å²) < 4.78 is 0. The molecular weight excluding hydrogens is 104 g/mol. The predicted octanol–water partition coefficient (Wildman–Crippen LogP) is 0.848. The Morgan fingerprint density at radius 2 is 2.25 bits per heavy atom. The monoisotopic (exact) mass is 115 g/mol. The van der Waals surface area contributed by atoms with Crippen molar-refractivity contribution in [2.75, 3.05) is 0 Å². The number of hydrogen-bond donors (Lipinski definition) is 2. The van der Waals surface area contributed by atoms with E-state index >= 15 is 0 Å². The molecule has 1 radical (unpaired) electrons. The van der Waals surface area contributed by atoms with E-state index in [-0.39, 0.29) is 6.42 Å².